The number of hydrogen-bond acceptors (Lipinski definition) is 2. The van der Waals surface area contributed by atoms with Gasteiger partial charge in [-0.2, -0.15) is 0 Å². The van der Waals surface area contributed by atoms with Crippen molar-refractivity contribution in [2.24, 2.45) is 5.92 Å². The van der Waals surface area contributed by atoms with Gasteiger partial charge in [0.1, 0.15) is 0 Å². The van der Waals surface area contributed by atoms with Crippen LogP contribution in [0.3, 0.4) is 0 Å². The van der Waals surface area contributed by atoms with Gasteiger partial charge < -0.3 is 10.2 Å². The highest BCUT2D eigenvalue weighted by molar-refractivity contribution is 5.22. The van der Waals surface area contributed by atoms with E-state index in [0.717, 1.165) is 25.6 Å². The van der Waals surface area contributed by atoms with Crippen LogP contribution >= 0.6 is 0 Å². The molecule has 106 valence electrons. The van der Waals surface area contributed by atoms with Gasteiger partial charge in [-0.05, 0) is 38.9 Å². The second-order valence-electron chi connectivity index (χ2n) is 5.67. The molecule has 3 atom stereocenters. The van der Waals surface area contributed by atoms with E-state index in [1.807, 2.05) is 6.92 Å². The fraction of sp³-hybridized carbons (Fsp3) is 0.600. The number of rotatable bonds is 3. The molecule has 1 aromatic carbocycles. The summed E-state index contributed by atoms with van der Waals surface area (Å²) in [4.78, 5) is 2.30. The van der Waals surface area contributed by atoms with Crippen LogP contribution in [0.2, 0.25) is 0 Å². The van der Waals surface area contributed by atoms with E-state index in [1.165, 1.54) is 0 Å². The molecule has 2 rings (SSSR count). The Morgan fingerprint density at radius 1 is 1.37 bits per heavy atom. The molecule has 1 heterocycles. The van der Waals surface area contributed by atoms with E-state index >= 15 is 0 Å². The zero-order valence-electron chi connectivity index (χ0n) is 11.8. The fourth-order valence-corrected chi connectivity index (χ4v) is 2.87. The molecule has 1 aliphatic rings. The maximum atomic E-state index is 13.7. The van der Waals surface area contributed by atoms with Gasteiger partial charge in [-0.3, -0.25) is 0 Å². The van der Waals surface area contributed by atoms with Crippen LogP contribution in [0.5, 0.6) is 0 Å². The molecule has 4 heteroatoms. The minimum absolute atomic E-state index is 0.174. The van der Waals surface area contributed by atoms with Crippen molar-refractivity contribution in [3.63, 3.8) is 0 Å². The quantitative estimate of drug-likeness (QED) is 0.906. The Bertz CT molecular complexity index is 436. The number of hydrogen-bond donors (Lipinski definition) is 1. The average Bonchev–Trinajstić information content (AvgIpc) is 2.36. The predicted octanol–water partition coefficient (Wildman–Crippen LogP) is 2.96. The zero-order chi connectivity index (χ0) is 14.0. The first-order valence-corrected chi connectivity index (χ1v) is 6.87. The molecule has 19 heavy (non-hydrogen) atoms. The highest BCUT2D eigenvalue weighted by Gasteiger charge is 2.26. The smallest absolute Gasteiger partial charge is 0.163 e. The third kappa shape index (κ3) is 3.31. The van der Waals surface area contributed by atoms with Crippen molar-refractivity contribution in [3.05, 3.63) is 35.4 Å². The molecule has 0 saturated carbocycles. The van der Waals surface area contributed by atoms with Crippen LogP contribution in [-0.2, 0) is 0 Å². The topological polar surface area (TPSA) is 15.3 Å². The molecule has 0 bridgehead atoms. The SMILES string of the molecule is CC(NC1CCN(C)CC1C)c1cccc(F)c1F. The lowest BCUT2D eigenvalue weighted by molar-refractivity contribution is 0.167. The number of piperidine rings is 1. The molecule has 1 aromatic rings. The molecule has 0 aliphatic carbocycles. The van der Waals surface area contributed by atoms with Gasteiger partial charge in [-0.25, -0.2) is 8.78 Å². The normalized spacial score (nSPS) is 26.4. The molecular formula is C15H22F2N2. The van der Waals surface area contributed by atoms with Gasteiger partial charge in [0.2, 0.25) is 0 Å². The zero-order valence-corrected chi connectivity index (χ0v) is 11.8. The van der Waals surface area contributed by atoms with E-state index in [-0.39, 0.29) is 6.04 Å². The van der Waals surface area contributed by atoms with Gasteiger partial charge in [0, 0.05) is 24.2 Å². The lowest BCUT2D eigenvalue weighted by Crippen LogP contribution is -2.47. The van der Waals surface area contributed by atoms with E-state index in [0.29, 0.717) is 17.5 Å². The number of nitrogens with one attached hydrogen (secondary N) is 1. The molecule has 0 radical (unpaired) electrons. The fourth-order valence-electron chi connectivity index (χ4n) is 2.87. The highest BCUT2D eigenvalue weighted by Crippen LogP contribution is 2.23. The summed E-state index contributed by atoms with van der Waals surface area (Å²) in [6.07, 6.45) is 1.04. The molecule has 0 amide bonds. The van der Waals surface area contributed by atoms with Crippen molar-refractivity contribution < 1.29 is 8.78 Å². The summed E-state index contributed by atoms with van der Waals surface area (Å²) < 4.78 is 27.0. The van der Waals surface area contributed by atoms with Crippen LogP contribution in [0.15, 0.2) is 18.2 Å². The number of nitrogens with zero attached hydrogens (tertiary/aromatic N) is 1. The lowest BCUT2D eigenvalue weighted by Gasteiger charge is -2.37. The minimum Gasteiger partial charge on any atom is -0.307 e. The number of benzene rings is 1. The standard InChI is InChI=1S/C15H22F2N2/c1-10-9-19(3)8-7-14(10)18-11(2)12-5-4-6-13(16)15(12)17/h4-6,10-11,14,18H,7-9H2,1-3H3. The van der Waals surface area contributed by atoms with Gasteiger partial charge in [-0.15, -0.1) is 0 Å². The van der Waals surface area contributed by atoms with Crippen molar-refractivity contribution >= 4 is 0 Å². The first-order chi connectivity index (χ1) is 8.99. The Morgan fingerprint density at radius 3 is 2.79 bits per heavy atom. The highest BCUT2D eigenvalue weighted by atomic mass is 19.2. The maximum absolute atomic E-state index is 13.7. The largest absolute Gasteiger partial charge is 0.307 e. The van der Waals surface area contributed by atoms with Crippen molar-refractivity contribution in [1.29, 1.82) is 0 Å². The van der Waals surface area contributed by atoms with Gasteiger partial charge >= 0.3 is 0 Å². The first kappa shape index (κ1) is 14.4. The molecule has 3 unspecified atom stereocenters. The van der Waals surface area contributed by atoms with E-state index in [2.05, 4.69) is 24.2 Å². The molecule has 1 aliphatic heterocycles. The number of likely N-dealkylation sites (tertiary alicyclic amines) is 1. The van der Waals surface area contributed by atoms with Crippen molar-refractivity contribution in [3.8, 4) is 0 Å². The predicted molar refractivity (Wildman–Crippen MR) is 73.0 cm³/mol. The Morgan fingerprint density at radius 2 is 2.11 bits per heavy atom. The lowest BCUT2D eigenvalue weighted by atomic mass is 9.92. The Balaban J connectivity index is 2.04. The maximum Gasteiger partial charge on any atom is 0.163 e. The van der Waals surface area contributed by atoms with Crippen molar-refractivity contribution in [2.45, 2.75) is 32.4 Å². The second-order valence-corrected chi connectivity index (χ2v) is 5.67. The average molecular weight is 268 g/mol. The van der Waals surface area contributed by atoms with Crippen LogP contribution in [0.1, 0.15) is 31.9 Å². The monoisotopic (exact) mass is 268 g/mol. The minimum atomic E-state index is -0.775. The van der Waals surface area contributed by atoms with Crippen molar-refractivity contribution in [2.75, 3.05) is 20.1 Å². The summed E-state index contributed by atoms with van der Waals surface area (Å²) >= 11 is 0. The van der Waals surface area contributed by atoms with Gasteiger partial charge in [-0.1, -0.05) is 19.1 Å². The molecule has 1 saturated heterocycles. The van der Waals surface area contributed by atoms with Gasteiger partial charge in [0.25, 0.3) is 0 Å². The molecular weight excluding hydrogens is 246 g/mol. The molecule has 1 N–H and O–H groups in total. The molecule has 2 nitrogen and oxygen atoms in total. The Labute approximate surface area is 113 Å². The van der Waals surface area contributed by atoms with Crippen LogP contribution in [0, 0.1) is 17.6 Å². The summed E-state index contributed by atoms with van der Waals surface area (Å²) in [6, 6.07) is 4.55. The Kier molecular flexibility index (Phi) is 4.53. The molecule has 1 fully saturated rings. The van der Waals surface area contributed by atoms with Crippen LogP contribution in [0.4, 0.5) is 8.78 Å². The van der Waals surface area contributed by atoms with Gasteiger partial charge in [0.15, 0.2) is 11.6 Å². The van der Waals surface area contributed by atoms with Crippen LogP contribution in [-0.4, -0.2) is 31.1 Å². The van der Waals surface area contributed by atoms with E-state index < -0.39 is 11.6 Å². The molecule has 0 aromatic heterocycles. The second kappa shape index (κ2) is 5.97. The number of halogens is 2. The third-order valence-corrected chi connectivity index (χ3v) is 4.02. The summed E-state index contributed by atoms with van der Waals surface area (Å²) in [5.74, 6) is -0.997. The van der Waals surface area contributed by atoms with E-state index in [4.69, 9.17) is 0 Å². The van der Waals surface area contributed by atoms with Crippen molar-refractivity contribution in [1.82, 2.24) is 10.2 Å². The van der Waals surface area contributed by atoms with Crippen LogP contribution in [0.25, 0.3) is 0 Å². The third-order valence-electron chi connectivity index (χ3n) is 4.02. The first-order valence-electron chi connectivity index (χ1n) is 6.87. The summed E-state index contributed by atoms with van der Waals surface area (Å²) in [5.41, 5.74) is 0.408. The van der Waals surface area contributed by atoms with E-state index in [9.17, 15) is 8.78 Å². The van der Waals surface area contributed by atoms with Crippen LogP contribution < -0.4 is 5.32 Å². The summed E-state index contributed by atoms with van der Waals surface area (Å²) in [5, 5.41) is 3.44. The van der Waals surface area contributed by atoms with E-state index in [1.54, 1.807) is 12.1 Å². The van der Waals surface area contributed by atoms with Gasteiger partial charge in [0.05, 0.1) is 0 Å². The summed E-state index contributed by atoms with van der Waals surface area (Å²) in [7, 11) is 2.11. The summed E-state index contributed by atoms with van der Waals surface area (Å²) in [6.45, 7) is 6.17. The Hall–Kier alpha value is -1.00. The molecule has 0 spiro atoms.